The Morgan fingerprint density at radius 1 is 1.10 bits per heavy atom. The average molecular weight is 399 g/mol. The van der Waals surface area contributed by atoms with E-state index in [1.807, 2.05) is 11.8 Å². The van der Waals surface area contributed by atoms with Gasteiger partial charge in [-0.25, -0.2) is 8.78 Å². The van der Waals surface area contributed by atoms with Crippen molar-refractivity contribution >= 4 is 23.2 Å². The number of hydrogen-bond acceptors (Lipinski definition) is 3. The van der Waals surface area contributed by atoms with E-state index in [2.05, 4.69) is 10.2 Å². The minimum absolute atomic E-state index is 0.00173. The van der Waals surface area contributed by atoms with Crippen LogP contribution in [0.1, 0.15) is 53.3 Å². The molecule has 2 aliphatic heterocycles. The van der Waals surface area contributed by atoms with Crippen LogP contribution in [0.5, 0.6) is 0 Å². The second kappa shape index (κ2) is 7.81. The number of nitrogens with zero attached hydrogens (tertiary/aromatic N) is 2. The van der Waals surface area contributed by atoms with Gasteiger partial charge < -0.3 is 15.1 Å². The second-order valence-corrected chi connectivity index (χ2v) is 7.46. The molecule has 2 amide bonds. The Labute approximate surface area is 168 Å². The molecule has 0 spiro atoms. The second-order valence-electron chi connectivity index (χ2n) is 7.46. The molecule has 0 aliphatic carbocycles. The molecular weight excluding hydrogens is 376 g/mol. The van der Waals surface area contributed by atoms with E-state index < -0.39 is 17.5 Å². The zero-order chi connectivity index (χ0) is 20.5. The number of hydrogen-bond donors (Lipinski definition) is 1. The van der Waals surface area contributed by atoms with Crippen molar-refractivity contribution in [1.82, 2.24) is 4.90 Å². The molecule has 0 saturated carbocycles. The van der Waals surface area contributed by atoms with E-state index in [-0.39, 0.29) is 17.8 Å². The van der Waals surface area contributed by atoms with Crippen molar-refractivity contribution in [1.29, 1.82) is 0 Å². The lowest BCUT2D eigenvalue weighted by atomic mass is 10.0. The smallest absolute Gasteiger partial charge is 0.257 e. The summed E-state index contributed by atoms with van der Waals surface area (Å²) in [5, 5.41) is 2.52. The summed E-state index contributed by atoms with van der Waals surface area (Å²) in [6, 6.07) is 7.81. The van der Waals surface area contributed by atoms with Gasteiger partial charge in [-0.15, -0.1) is 0 Å². The highest BCUT2D eigenvalue weighted by Crippen LogP contribution is 2.35. The topological polar surface area (TPSA) is 52.7 Å². The first kappa shape index (κ1) is 19.4. The average Bonchev–Trinajstić information content (AvgIpc) is 2.93. The van der Waals surface area contributed by atoms with Crippen LogP contribution in [0.15, 0.2) is 36.4 Å². The fourth-order valence-corrected chi connectivity index (χ4v) is 4.27. The highest BCUT2D eigenvalue weighted by molar-refractivity contribution is 6.08. The molecule has 0 radical (unpaired) electrons. The summed E-state index contributed by atoms with van der Waals surface area (Å²) in [5.74, 6) is -2.01. The fourth-order valence-electron chi connectivity index (χ4n) is 4.27. The zero-order valence-electron chi connectivity index (χ0n) is 16.3. The first-order chi connectivity index (χ1) is 14.0. The van der Waals surface area contributed by atoms with Gasteiger partial charge in [0.05, 0.1) is 11.3 Å². The molecule has 1 N–H and O–H groups in total. The Bertz CT molecular complexity index is 943. The first-order valence-corrected chi connectivity index (χ1v) is 9.97. The maximum Gasteiger partial charge on any atom is 0.257 e. The van der Waals surface area contributed by atoms with Crippen LogP contribution in [-0.4, -0.2) is 36.0 Å². The van der Waals surface area contributed by atoms with Crippen molar-refractivity contribution in [2.24, 2.45) is 0 Å². The van der Waals surface area contributed by atoms with E-state index in [9.17, 15) is 18.4 Å². The summed E-state index contributed by atoms with van der Waals surface area (Å²) in [6.07, 6.45) is 4.06. The zero-order valence-corrected chi connectivity index (χ0v) is 16.3. The Hall–Kier alpha value is -2.96. The minimum Gasteiger partial charge on any atom is -0.351 e. The van der Waals surface area contributed by atoms with Crippen LogP contribution >= 0.6 is 0 Å². The molecule has 2 aromatic rings. The van der Waals surface area contributed by atoms with Crippen LogP contribution in [0.25, 0.3) is 0 Å². The van der Waals surface area contributed by atoms with Gasteiger partial charge in [0.15, 0.2) is 0 Å². The van der Waals surface area contributed by atoms with Gasteiger partial charge in [0.1, 0.15) is 17.8 Å². The Morgan fingerprint density at radius 3 is 2.59 bits per heavy atom. The normalized spacial score (nSPS) is 18.7. The lowest BCUT2D eigenvalue weighted by molar-refractivity contribution is 0.0656. The van der Waals surface area contributed by atoms with E-state index in [0.717, 1.165) is 56.1 Å². The number of benzene rings is 2. The maximum atomic E-state index is 13.4. The first-order valence-electron chi connectivity index (χ1n) is 9.97. The lowest BCUT2D eigenvalue weighted by Gasteiger charge is -2.44. The van der Waals surface area contributed by atoms with Crippen LogP contribution in [0.2, 0.25) is 0 Å². The van der Waals surface area contributed by atoms with Gasteiger partial charge in [-0.3, -0.25) is 9.59 Å². The van der Waals surface area contributed by atoms with E-state index in [0.29, 0.717) is 17.7 Å². The van der Waals surface area contributed by atoms with Crippen molar-refractivity contribution in [3.63, 3.8) is 0 Å². The molecular formula is C22H23F2N3O2. The van der Waals surface area contributed by atoms with E-state index in [1.165, 1.54) is 0 Å². The summed E-state index contributed by atoms with van der Waals surface area (Å²) in [5.41, 5.74) is 1.70. The Balaban J connectivity index is 1.66. The predicted molar refractivity (Wildman–Crippen MR) is 107 cm³/mol. The van der Waals surface area contributed by atoms with Gasteiger partial charge in [-0.05, 0) is 56.5 Å². The molecule has 1 fully saturated rings. The van der Waals surface area contributed by atoms with Gasteiger partial charge in [-0.1, -0.05) is 6.42 Å². The quantitative estimate of drug-likeness (QED) is 0.832. The van der Waals surface area contributed by atoms with Crippen molar-refractivity contribution in [3.8, 4) is 0 Å². The lowest BCUT2D eigenvalue weighted by Crippen LogP contribution is -2.55. The number of carbonyl (C=O) groups is 2. The number of halogens is 2. The van der Waals surface area contributed by atoms with Gasteiger partial charge in [0.2, 0.25) is 0 Å². The monoisotopic (exact) mass is 399 g/mol. The Kier molecular flexibility index (Phi) is 5.22. The molecule has 0 aromatic heterocycles. The molecule has 29 heavy (non-hydrogen) atoms. The highest BCUT2D eigenvalue weighted by Gasteiger charge is 2.37. The molecule has 7 heteroatoms. The summed E-state index contributed by atoms with van der Waals surface area (Å²) < 4.78 is 26.8. The molecule has 1 atom stereocenters. The largest absolute Gasteiger partial charge is 0.351 e. The van der Waals surface area contributed by atoms with Gasteiger partial charge in [-0.2, -0.15) is 0 Å². The number of nitrogens with one attached hydrogen (secondary N) is 1. The van der Waals surface area contributed by atoms with Crippen LogP contribution in [-0.2, 0) is 0 Å². The number of amides is 2. The minimum atomic E-state index is -0.762. The highest BCUT2D eigenvalue weighted by atomic mass is 19.1. The summed E-state index contributed by atoms with van der Waals surface area (Å²) in [7, 11) is 0. The standard InChI is InChI=1S/C22H23F2N3O2/c1-2-26-19-10-14(21(28)25-17-12-15(23)11-16(24)13-17)7-8-18(19)22(29)27-9-5-3-4-6-20(26)27/h7-8,10-13,20H,2-6,9H2,1H3,(H,25,28). The number of rotatable bonds is 3. The third-order valence-corrected chi connectivity index (χ3v) is 5.60. The fraction of sp³-hybridized carbons (Fsp3) is 0.364. The van der Waals surface area contributed by atoms with Crippen molar-refractivity contribution in [2.45, 2.75) is 38.8 Å². The van der Waals surface area contributed by atoms with Gasteiger partial charge in [0.25, 0.3) is 11.8 Å². The molecule has 1 unspecified atom stereocenters. The molecule has 2 heterocycles. The molecule has 0 bridgehead atoms. The predicted octanol–water partition coefficient (Wildman–Crippen LogP) is 4.40. The molecule has 2 aliphatic rings. The summed E-state index contributed by atoms with van der Waals surface area (Å²) >= 11 is 0. The van der Waals surface area contributed by atoms with Crippen LogP contribution < -0.4 is 10.2 Å². The van der Waals surface area contributed by atoms with Crippen molar-refractivity contribution in [3.05, 3.63) is 59.2 Å². The molecule has 1 saturated heterocycles. The molecule has 5 nitrogen and oxygen atoms in total. The van der Waals surface area contributed by atoms with Crippen LogP contribution in [0.4, 0.5) is 20.2 Å². The van der Waals surface area contributed by atoms with Crippen molar-refractivity contribution < 1.29 is 18.4 Å². The van der Waals surface area contributed by atoms with E-state index in [1.54, 1.807) is 18.2 Å². The van der Waals surface area contributed by atoms with Gasteiger partial charge >= 0.3 is 0 Å². The van der Waals surface area contributed by atoms with Crippen LogP contribution in [0, 0.1) is 11.6 Å². The summed E-state index contributed by atoms with van der Waals surface area (Å²) in [6.45, 7) is 3.49. The van der Waals surface area contributed by atoms with Gasteiger partial charge in [0, 0.05) is 30.4 Å². The van der Waals surface area contributed by atoms with Crippen LogP contribution in [0.3, 0.4) is 0 Å². The number of carbonyl (C=O) groups excluding carboxylic acids is 2. The third kappa shape index (κ3) is 3.69. The third-order valence-electron chi connectivity index (χ3n) is 5.60. The summed E-state index contributed by atoms with van der Waals surface area (Å²) in [4.78, 5) is 29.8. The molecule has 4 rings (SSSR count). The van der Waals surface area contributed by atoms with E-state index in [4.69, 9.17) is 0 Å². The maximum absolute atomic E-state index is 13.4. The molecule has 152 valence electrons. The Morgan fingerprint density at radius 2 is 1.86 bits per heavy atom. The SMILES string of the molecule is CCN1c2cc(C(=O)Nc3cc(F)cc(F)c3)ccc2C(=O)N2CCCCCC21. The van der Waals surface area contributed by atoms with E-state index >= 15 is 0 Å². The number of fused-ring (bicyclic) bond motifs is 2. The number of anilines is 2. The molecule has 2 aromatic carbocycles. The van der Waals surface area contributed by atoms with Crippen molar-refractivity contribution in [2.75, 3.05) is 23.3 Å².